The average molecular weight is 345 g/mol. The van der Waals surface area contributed by atoms with Crippen LogP contribution in [0.4, 0.5) is 21.5 Å². The summed E-state index contributed by atoms with van der Waals surface area (Å²) in [6.07, 6.45) is 8.09. The van der Waals surface area contributed by atoms with Crippen LogP contribution < -0.4 is 10.2 Å². The lowest BCUT2D eigenvalue weighted by Crippen LogP contribution is -2.13. The minimum Gasteiger partial charge on any atom is -0.343 e. The van der Waals surface area contributed by atoms with Crippen molar-refractivity contribution in [2.24, 2.45) is 0 Å². The van der Waals surface area contributed by atoms with Crippen LogP contribution in [0.1, 0.15) is 15.9 Å². The number of carbonyl (C=O) groups is 1. The number of hydrogen-bond donors (Lipinski definition) is 1. The largest absolute Gasteiger partial charge is 0.343 e. The lowest BCUT2D eigenvalue weighted by atomic mass is 10.1. The van der Waals surface area contributed by atoms with Gasteiger partial charge in [-0.2, -0.15) is 0 Å². The zero-order valence-corrected chi connectivity index (χ0v) is 14.1. The molecule has 1 aromatic heterocycles. The Kier molecular flexibility index (Phi) is 4.95. The number of nitrogens with one attached hydrogen (secondary N) is 1. The summed E-state index contributed by atoms with van der Waals surface area (Å²) in [7, 11) is 1.80. The maximum absolute atomic E-state index is 13.4. The highest BCUT2D eigenvalue weighted by atomic mass is 19.1. The molecule has 3 rings (SSSR count). The highest BCUT2D eigenvalue weighted by Gasteiger charge is 2.09. The van der Waals surface area contributed by atoms with E-state index in [1.807, 2.05) is 12.1 Å². The highest BCUT2D eigenvalue weighted by molar-refractivity contribution is 6.04. The molecule has 0 saturated carbocycles. The number of terminal acetylenes is 1. The number of pyridine rings is 1. The number of hydrogen-bond acceptors (Lipinski definition) is 3. The molecule has 1 N–H and O–H groups in total. The minimum absolute atomic E-state index is 0.255. The molecule has 4 nitrogen and oxygen atoms in total. The summed E-state index contributed by atoms with van der Waals surface area (Å²) in [6.45, 7) is 0. The lowest BCUT2D eigenvalue weighted by Gasteiger charge is -2.20. The van der Waals surface area contributed by atoms with Crippen LogP contribution >= 0.6 is 0 Å². The summed E-state index contributed by atoms with van der Waals surface area (Å²) in [6, 6.07) is 15.5. The lowest BCUT2D eigenvalue weighted by molar-refractivity contribution is 0.102. The minimum atomic E-state index is -0.410. The fraction of sp³-hybridized carbons (Fsp3) is 0.0476. The molecule has 0 fully saturated rings. The van der Waals surface area contributed by atoms with Gasteiger partial charge in [0, 0.05) is 35.6 Å². The van der Waals surface area contributed by atoms with Crippen LogP contribution in [0.15, 0.2) is 67.0 Å². The summed E-state index contributed by atoms with van der Waals surface area (Å²) < 4.78 is 13.4. The van der Waals surface area contributed by atoms with Crippen LogP contribution in [0.2, 0.25) is 0 Å². The predicted molar refractivity (Wildman–Crippen MR) is 101 cm³/mol. The Hall–Kier alpha value is -3.65. The fourth-order valence-electron chi connectivity index (χ4n) is 2.48. The van der Waals surface area contributed by atoms with Crippen LogP contribution in [-0.4, -0.2) is 17.9 Å². The van der Waals surface area contributed by atoms with Gasteiger partial charge in [0.25, 0.3) is 5.91 Å². The average Bonchev–Trinajstić information content (AvgIpc) is 2.67. The van der Waals surface area contributed by atoms with Crippen molar-refractivity contribution in [2.45, 2.75) is 0 Å². The van der Waals surface area contributed by atoms with E-state index < -0.39 is 5.82 Å². The van der Waals surface area contributed by atoms with E-state index in [0.717, 1.165) is 11.9 Å². The Morgan fingerprint density at radius 3 is 2.69 bits per heavy atom. The summed E-state index contributed by atoms with van der Waals surface area (Å²) in [5, 5.41) is 2.84. The van der Waals surface area contributed by atoms with Gasteiger partial charge in [0.1, 0.15) is 5.82 Å². The van der Waals surface area contributed by atoms with Gasteiger partial charge < -0.3 is 10.2 Å². The molecule has 3 aromatic rings. The Morgan fingerprint density at radius 1 is 1.12 bits per heavy atom. The number of nitrogens with zero attached hydrogens (tertiary/aromatic N) is 2. The molecule has 0 spiro atoms. The molecule has 128 valence electrons. The van der Waals surface area contributed by atoms with Crippen molar-refractivity contribution < 1.29 is 9.18 Å². The molecule has 1 amide bonds. The second-order valence-electron chi connectivity index (χ2n) is 5.65. The number of aromatic nitrogens is 1. The molecule has 0 aliphatic carbocycles. The monoisotopic (exact) mass is 345 g/mol. The van der Waals surface area contributed by atoms with Crippen molar-refractivity contribution in [2.75, 3.05) is 17.3 Å². The number of benzene rings is 2. The third kappa shape index (κ3) is 3.87. The molecular formula is C21H16FN3O. The molecule has 0 atom stereocenters. The normalized spacial score (nSPS) is 10.0. The SMILES string of the molecule is C#Cc1cccc(C(=O)Nc2cccc(N(C)c3cncc(F)c3)c2)c1. The first-order valence-electron chi connectivity index (χ1n) is 7.89. The van der Waals surface area contributed by atoms with E-state index in [1.54, 1.807) is 54.5 Å². The van der Waals surface area contributed by atoms with Gasteiger partial charge >= 0.3 is 0 Å². The smallest absolute Gasteiger partial charge is 0.255 e. The topological polar surface area (TPSA) is 45.2 Å². The quantitative estimate of drug-likeness (QED) is 0.720. The van der Waals surface area contributed by atoms with Crippen molar-refractivity contribution in [3.05, 3.63) is 83.9 Å². The van der Waals surface area contributed by atoms with Gasteiger partial charge in [-0.15, -0.1) is 6.42 Å². The highest BCUT2D eigenvalue weighted by Crippen LogP contribution is 2.26. The van der Waals surface area contributed by atoms with E-state index in [4.69, 9.17) is 6.42 Å². The van der Waals surface area contributed by atoms with Crippen LogP contribution in [0, 0.1) is 18.2 Å². The van der Waals surface area contributed by atoms with E-state index in [-0.39, 0.29) is 5.91 Å². The van der Waals surface area contributed by atoms with Gasteiger partial charge in [0.15, 0.2) is 0 Å². The molecule has 0 saturated heterocycles. The third-order valence-electron chi connectivity index (χ3n) is 3.86. The molecule has 0 aliphatic rings. The Morgan fingerprint density at radius 2 is 1.92 bits per heavy atom. The number of anilines is 3. The van der Waals surface area contributed by atoms with Gasteiger partial charge in [-0.3, -0.25) is 9.78 Å². The molecule has 26 heavy (non-hydrogen) atoms. The molecule has 0 bridgehead atoms. The Bertz CT molecular complexity index is 994. The maximum Gasteiger partial charge on any atom is 0.255 e. The molecular weight excluding hydrogens is 329 g/mol. The Balaban J connectivity index is 1.81. The van der Waals surface area contributed by atoms with E-state index in [1.165, 1.54) is 6.07 Å². The molecule has 1 heterocycles. The van der Waals surface area contributed by atoms with E-state index in [9.17, 15) is 9.18 Å². The van der Waals surface area contributed by atoms with Gasteiger partial charge in [-0.05, 0) is 36.4 Å². The number of halogens is 1. The molecule has 5 heteroatoms. The molecule has 0 radical (unpaired) electrons. The first kappa shape index (κ1) is 17.2. The molecule has 2 aromatic carbocycles. The van der Waals surface area contributed by atoms with Crippen LogP contribution in [0.3, 0.4) is 0 Å². The second-order valence-corrected chi connectivity index (χ2v) is 5.65. The van der Waals surface area contributed by atoms with E-state index in [0.29, 0.717) is 22.5 Å². The summed E-state index contributed by atoms with van der Waals surface area (Å²) in [5.74, 6) is 1.84. The van der Waals surface area contributed by atoms with E-state index in [2.05, 4.69) is 16.2 Å². The summed E-state index contributed by atoms with van der Waals surface area (Å²) in [5.41, 5.74) is 3.14. The van der Waals surface area contributed by atoms with Crippen molar-refractivity contribution in [3.8, 4) is 12.3 Å². The zero-order valence-electron chi connectivity index (χ0n) is 14.1. The Labute approximate surface area is 151 Å². The van der Waals surface area contributed by atoms with Crippen molar-refractivity contribution >= 4 is 23.0 Å². The van der Waals surface area contributed by atoms with Gasteiger partial charge in [-0.1, -0.05) is 18.1 Å². The number of rotatable bonds is 4. The van der Waals surface area contributed by atoms with Gasteiger partial charge in [0.05, 0.1) is 18.1 Å². The van der Waals surface area contributed by atoms with Crippen LogP contribution in [0.5, 0.6) is 0 Å². The second kappa shape index (κ2) is 7.49. The van der Waals surface area contributed by atoms with Crippen molar-refractivity contribution in [1.82, 2.24) is 4.98 Å². The van der Waals surface area contributed by atoms with Crippen LogP contribution in [-0.2, 0) is 0 Å². The number of amides is 1. The van der Waals surface area contributed by atoms with E-state index >= 15 is 0 Å². The zero-order chi connectivity index (χ0) is 18.5. The number of carbonyl (C=O) groups excluding carboxylic acids is 1. The molecule has 0 aliphatic heterocycles. The maximum atomic E-state index is 13.4. The van der Waals surface area contributed by atoms with Crippen molar-refractivity contribution in [1.29, 1.82) is 0 Å². The van der Waals surface area contributed by atoms with Crippen molar-refractivity contribution in [3.63, 3.8) is 0 Å². The predicted octanol–water partition coefficient (Wildman–Crippen LogP) is 4.22. The first-order valence-corrected chi connectivity index (χ1v) is 7.89. The first-order chi connectivity index (χ1) is 12.6. The fourth-order valence-corrected chi connectivity index (χ4v) is 2.48. The van der Waals surface area contributed by atoms with Gasteiger partial charge in [-0.25, -0.2) is 4.39 Å². The van der Waals surface area contributed by atoms with Gasteiger partial charge in [0.2, 0.25) is 0 Å². The third-order valence-corrected chi connectivity index (χ3v) is 3.86. The summed E-state index contributed by atoms with van der Waals surface area (Å²) in [4.78, 5) is 18.1. The summed E-state index contributed by atoms with van der Waals surface area (Å²) >= 11 is 0. The standard InChI is InChI=1S/C21H16FN3O/c1-3-15-6-4-7-16(10-15)21(26)24-18-8-5-9-19(12-18)25(2)20-11-17(22)13-23-14-20/h1,4-14H,2H3,(H,24,26). The van der Waals surface area contributed by atoms with Crippen LogP contribution in [0.25, 0.3) is 0 Å². The molecule has 0 unspecified atom stereocenters.